The van der Waals surface area contributed by atoms with Gasteiger partial charge in [0.2, 0.25) is 5.91 Å². The fraction of sp³-hybridized carbons (Fsp3) is 0.143. The van der Waals surface area contributed by atoms with Crippen molar-refractivity contribution in [3.8, 4) is 10.6 Å². The van der Waals surface area contributed by atoms with E-state index in [-0.39, 0.29) is 11.8 Å². The molecule has 0 radical (unpaired) electrons. The molecule has 3 aromatic heterocycles. The van der Waals surface area contributed by atoms with Gasteiger partial charge in [0, 0.05) is 18.4 Å². The molecule has 2 N–H and O–H groups in total. The van der Waals surface area contributed by atoms with Crippen molar-refractivity contribution in [2.75, 3.05) is 10.6 Å². The number of nitrogens with zero attached hydrogens (tertiary/aromatic N) is 3. The van der Waals surface area contributed by atoms with Crippen molar-refractivity contribution in [3.63, 3.8) is 0 Å². The summed E-state index contributed by atoms with van der Waals surface area (Å²) in [7, 11) is 1.81. The van der Waals surface area contributed by atoms with Crippen molar-refractivity contribution in [1.82, 2.24) is 14.8 Å². The number of pyridine rings is 1. The lowest BCUT2D eigenvalue weighted by Gasteiger charge is -2.13. The molecule has 152 valence electrons. The third-order valence-corrected chi connectivity index (χ3v) is 5.91. The Labute approximate surface area is 185 Å². The molecule has 0 unspecified atom stereocenters. The molecule has 3 heterocycles. The highest BCUT2D eigenvalue weighted by Gasteiger charge is 2.20. The Hall–Kier alpha value is -3.04. The van der Waals surface area contributed by atoms with E-state index in [9.17, 15) is 9.59 Å². The fourth-order valence-electron chi connectivity index (χ4n) is 3.28. The highest BCUT2D eigenvalue weighted by Crippen LogP contribution is 2.31. The maximum Gasteiger partial charge on any atom is 0.256 e. The number of carbonyl (C=O) groups excluding carboxylic acids is 2. The van der Waals surface area contributed by atoms with Gasteiger partial charge in [-0.15, -0.1) is 11.3 Å². The molecule has 0 bridgehead atoms. The second-order valence-electron chi connectivity index (χ2n) is 6.77. The molecule has 0 atom stereocenters. The second kappa shape index (κ2) is 8.00. The highest BCUT2D eigenvalue weighted by atomic mass is 79.9. The predicted molar refractivity (Wildman–Crippen MR) is 123 cm³/mol. The summed E-state index contributed by atoms with van der Waals surface area (Å²) in [5.74, 6) is -0.525. The minimum absolute atomic E-state index is 0.220. The van der Waals surface area contributed by atoms with Crippen LogP contribution in [-0.2, 0) is 11.8 Å². The van der Waals surface area contributed by atoms with Gasteiger partial charge < -0.3 is 10.6 Å². The topological polar surface area (TPSA) is 88.9 Å². The van der Waals surface area contributed by atoms with Crippen LogP contribution in [0.25, 0.3) is 21.6 Å². The molecule has 0 aliphatic rings. The number of thiophene rings is 1. The molecule has 4 rings (SSSR count). The number of amides is 2. The molecule has 0 fully saturated rings. The van der Waals surface area contributed by atoms with Gasteiger partial charge in [0.15, 0.2) is 5.65 Å². The van der Waals surface area contributed by atoms with Gasteiger partial charge in [-0.25, -0.2) is 4.98 Å². The first kappa shape index (κ1) is 20.2. The number of nitrogens with one attached hydrogen (secondary N) is 2. The molecule has 0 saturated heterocycles. The third kappa shape index (κ3) is 3.86. The van der Waals surface area contributed by atoms with E-state index in [0.717, 1.165) is 15.0 Å². The summed E-state index contributed by atoms with van der Waals surface area (Å²) in [6.45, 7) is 3.28. The summed E-state index contributed by atoms with van der Waals surface area (Å²) < 4.78 is 2.46. The lowest BCUT2D eigenvalue weighted by atomic mass is 10.1. The minimum atomic E-state index is -0.305. The zero-order chi connectivity index (χ0) is 21.4. The van der Waals surface area contributed by atoms with Gasteiger partial charge >= 0.3 is 0 Å². The zero-order valence-electron chi connectivity index (χ0n) is 16.5. The molecule has 2 amide bonds. The monoisotopic (exact) mass is 483 g/mol. The van der Waals surface area contributed by atoms with E-state index in [4.69, 9.17) is 4.98 Å². The van der Waals surface area contributed by atoms with E-state index in [2.05, 4.69) is 31.7 Å². The maximum absolute atomic E-state index is 13.4. The quantitative estimate of drug-likeness (QED) is 0.428. The Balaban J connectivity index is 1.82. The molecule has 0 saturated carbocycles. The Morgan fingerprint density at radius 2 is 1.93 bits per heavy atom. The zero-order valence-corrected chi connectivity index (χ0v) is 18.9. The van der Waals surface area contributed by atoms with Crippen LogP contribution in [0.15, 0.2) is 46.3 Å². The van der Waals surface area contributed by atoms with Crippen molar-refractivity contribution in [1.29, 1.82) is 0 Å². The molecule has 0 aliphatic heterocycles. The van der Waals surface area contributed by atoms with Crippen LogP contribution in [0.3, 0.4) is 0 Å². The Morgan fingerprint density at radius 3 is 2.63 bits per heavy atom. The number of fused-ring (bicyclic) bond motifs is 1. The smallest absolute Gasteiger partial charge is 0.256 e. The first-order valence-corrected chi connectivity index (χ1v) is 10.8. The lowest BCUT2D eigenvalue weighted by Crippen LogP contribution is -2.16. The van der Waals surface area contributed by atoms with E-state index in [1.807, 2.05) is 31.5 Å². The highest BCUT2D eigenvalue weighted by molar-refractivity contribution is 9.10. The number of benzene rings is 1. The summed E-state index contributed by atoms with van der Waals surface area (Å²) in [6, 6.07) is 11.0. The van der Waals surface area contributed by atoms with E-state index in [1.165, 1.54) is 6.92 Å². The van der Waals surface area contributed by atoms with E-state index >= 15 is 0 Å². The van der Waals surface area contributed by atoms with E-state index in [0.29, 0.717) is 33.7 Å². The Bertz CT molecular complexity index is 1280. The van der Waals surface area contributed by atoms with Gasteiger partial charge in [0.1, 0.15) is 0 Å². The van der Waals surface area contributed by atoms with Gasteiger partial charge in [-0.05, 0) is 42.6 Å². The van der Waals surface area contributed by atoms with Crippen LogP contribution < -0.4 is 10.6 Å². The number of hydrogen-bond acceptors (Lipinski definition) is 5. The van der Waals surface area contributed by atoms with Crippen LogP contribution in [0.1, 0.15) is 23.0 Å². The van der Waals surface area contributed by atoms with Crippen molar-refractivity contribution in [2.45, 2.75) is 13.8 Å². The largest absolute Gasteiger partial charge is 0.325 e. The SMILES string of the molecule is CC(=O)Nc1ccc(Br)cc1NC(=O)c1cc(-c2cccs2)nc2c1c(C)nn2C. The molecular formula is C21H18BrN5O2S. The molecular weight excluding hydrogens is 466 g/mol. The number of rotatable bonds is 4. The number of carbonyl (C=O) groups is 2. The third-order valence-electron chi connectivity index (χ3n) is 4.53. The average molecular weight is 484 g/mol. The summed E-state index contributed by atoms with van der Waals surface area (Å²) >= 11 is 4.97. The Morgan fingerprint density at radius 1 is 1.13 bits per heavy atom. The van der Waals surface area contributed by atoms with Crippen molar-refractivity contribution < 1.29 is 9.59 Å². The van der Waals surface area contributed by atoms with Crippen LogP contribution in [-0.4, -0.2) is 26.6 Å². The summed E-state index contributed by atoms with van der Waals surface area (Å²) in [5, 5.41) is 12.8. The normalized spacial score (nSPS) is 10.9. The fourth-order valence-corrected chi connectivity index (χ4v) is 4.33. The number of hydrogen-bond donors (Lipinski definition) is 2. The number of halogens is 1. The van der Waals surface area contributed by atoms with Crippen LogP contribution in [0.4, 0.5) is 11.4 Å². The summed E-state index contributed by atoms with van der Waals surface area (Å²) in [4.78, 5) is 30.6. The Kier molecular flexibility index (Phi) is 5.40. The number of aromatic nitrogens is 3. The van der Waals surface area contributed by atoms with Gasteiger partial charge in [-0.2, -0.15) is 5.10 Å². The molecule has 7 nitrogen and oxygen atoms in total. The van der Waals surface area contributed by atoms with Gasteiger partial charge in [-0.1, -0.05) is 22.0 Å². The van der Waals surface area contributed by atoms with Gasteiger partial charge in [0.25, 0.3) is 5.91 Å². The van der Waals surface area contributed by atoms with Crippen LogP contribution in [0.2, 0.25) is 0 Å². The predicted octanol–water partition coefficient (Wildman–Crippen LogP) is 4.98. The van der Waals surface area contributed by atoms with Gasteiger partial charge in [-0.3, -0.25) is 14.3 Å². The van der Waals surface area contributed by atoms with Crippen LogP contribution in [0.5, 0.6) is 0 Å². The number of aryl methyl sites for hydroxylation is 2. The average Bonchev–Trinajstić information content (AvgIpc) is 3.32. The van der Waals surface area contributed by atoms with Crippen molar-refractivity contribution in [2.24, 2.45) is 7.05 Å². The molecule has 4 aromatic rings. The molecule has 30 heavy (non-hydrogen) atoms. The minimum Gasteiger partial charge on any atom is -0.325 e. The van der Waals surface area contributed by atoms with Crippen molar-refractivity contribution in [3.05, 3.63) is 57.5 Å². The van der Waals surface area contributed by atoms with Gasteiger partial charge in [0.05, 0.1) is 38.6 Å². The van der Waals surface area contributed by atoms with E-state index in [1.54, 1.807) is 40.3 Å². The lowest BCUT2D eigenvalue weighted by molar-refractivity contribution is -0.114. The number of anilines is 2. The standard InChI is InChI=1S/C21H18BrN5O2S/c1-11-19-14(10-17(18-5-4-8-30-18)24-20(19)27(3)26-11)21(29)25-16-9-13(22)6-7-15(16)23-12(2)28/h4-10H,1-3H3,(H,23,28)(H,25,29). The van der Waals surface area contributed by atoms with E-state index < -0.39 is 0 Å². The summed E-state index contributed by atoms with van der Waals surface area (Å²) in [6.07, 6.45) is 0. The molecule has 0 aliphatic carbocycles. The van der Waals surface area contributed by atoms with Crippen LogP contribution in [0, 0.1) is 6.92 Å². The van der Waals surface area contributed by atoms with Crippen LogP contribution >= 0.6 is 27.3 Å². The molecule has 9 heteroatoms. The van der Waals surface area contributed by atoms with Crippen molar-refractivity contribution >= 4 is 61.5 Å². The maximum atomic E-state index is 13.4. The molecule has 1 aromatic carbocycles. The first-order chi connectivity index (χ1) is 14.3. The molecule has 0 spiro atoms. The second-order valence-corrected chi connectivity index (χ2v) is 8.63. The first-order valence-electron chi connectivity index (χ1n) is 9.10. The summed E-state index contributed by atoms with van der Waals surface area (Å²) in [5.41, 5.74) is 3.56.